The second-order valence-corrected chi connectivity index (χ2v) is 11.1. The first-order valence-corrected chi connectivity index (χ1v) is 14.5. The molecule has 0 aliphatic heterocycles. The lowest BCUT2D eigenvalue weighted by Crippen LogP contribution is -2.00. The van der Waals surface area contributed by atoms with Gasteiger partial charge in [0.15, 0.2) is 17.5 Å². The number of hydrogen-bond donors (Lipinski definition) is 0. The summed E-state index contributed by atoms with van der Waals surface area (Å²) in [6.45, 7) is 0. The number of para-hydroxylation sites is 2. The highest BCUT2D eigenvalue weighted by atomic mass is 32.1. The molecule has 4 nitrogen and oxygen atoms in total. The van der Waals surface area contributed by atoms with Crippen molar-refractivity contribution in [2.45, 2.75) is 0 Å². The Balaban J connectivity index is 1.41. The fourth-order valence-electron chi connectivity index (χ4n) is 5.40. The first-order chi connectivity index (χ1) is 26.8. The highest BCUT2D eigenvalue weighted by Crippen LogP contribution is 2.37. The number of hydrogen-bond acceptors (Lipinski definition) is 4. The monoisotopic (exact) mass is 592 g/mol. The van der Waals surface area contributed by atoms with E-state index in [-0.39, 0.29) is 44.8 Å². The van der Waals surface area contributed by atoms with Crippen LogP contribution in [0.15, 0.2) is 145 Å². The van der Waals surface area contributed by atoms with Gasteiger partial charge in [0, 0.05) is 53.3 Å². The van der Waals surface area contributed by atoms with Crippen LogP contribution in [0.1, 0.15) is 16.4 Å². The average Bonchev–Trinajstić information content (AvgIpc) is 3.77. The van der Waals surface area contributed by atoms with Gasteiger partial charge in [0.25, 0.3) is 0 Å². The van der Waals surface area contributed by atoms with E-state index in [1.807, 2.05) is 60.7 Å². The van der Waals surface area contributed by atoms with Gasteiger partial charge in [0.05, 0.1) is 27.5 Å². The fraction of sp³-hybridized carbons (Fsp3) is 0. The van der Waals surface area contributed by atoms with Crippen molar-refractivity contribution in [3.63, 3.8) is 0 Å². The molecule has 0 aliphatic rings. The van der Waals surface area contributed by atoms with Crippen LogP contribution in [-0.4, -0.2) is 19.5 Å². The summed E-state index contributed by atoms with van der Waals surface area (Å²) in [5.41, 5.74) is -0.114. The first kappa shape index (κ1) is 15.7. The zero-order valence-corrected chi connectivity index (χ0v) is 23.4. The minimum Gasteiger partial charge on any atom is -0.309 e. The van der Waals surface area contributed by atoms with Crippen LogP contribution in [0.2, 0.25) is 0 Å². The number of fused-ring (bicyclic) bond motifs is 6. The maximum atomic E-state index is 9.65. The van der Waals surface area contributed by atoms with E-state index in [2.05, 4.69) is 0 Å². The highest BCUT2D eigenvalue weighted by Gasteiger charge is 2.17. The van der Waals surface area contributed by atoms with Gasteiger partial charge in [-0.2, -0.15) is 0 Å². The molecule has 9 aromatic rings. The maximum Gasteiger partial charge on any atom is 0.164 e. The smallest absolute Gasteiger partial charge is 0.164 e. The Labute approximate surface area is 274 Å². The lowest BCUT2D eigenvalue weighted by molar-refractivity contribution is 1.07. The summed E-state index contributed by atoms with van der Waals surface area (Å²) in [4.78, 5) is 14.3. The van der Waals surface area contributed by atoms with Crippen LogP contribution in [0.5, 0.6) is 0 Å². The third-order valence-electron chi connectivity index (χ3n) is 7.39. The van der Waals surface area contributed by atoms with Crippen molar-refractivity contribution >= 4 is 53.3 Å². The molecule has 0 amide bonds. The number of nitrogens with zero attached hydrogens (tertiary/aromatic N) is 4. The minimum absolute atomic E-state index is 0.140. The van der Waals surface area contributed by atoms with Crippen molar-refractivity contribution in [3.05, 3.63) is 145 Å². The zero-order valence-electron chi connectivity index (χ0n) is 34.6. The number of benzene rings is 6. The topological polar surface area (TPSA) is 43.6 Å². The molecule has 3 heterocycles. The Kier molecular flexibility index (Phi) is 3.56. The molecule has 0 spiro atoms. The molecule has 206 valence electrons. The van der Waals surface area contributed by atoms with Gasteiger partial charge < -0.3 is 4.57 Å². The predicted octanol–water partition coefficient (Wildman–Crippen LogP) is 10.3. The van der Waals surface area contributed by atoms with Crippen molar-refractivity contribution in [1.29, 1.82) is 0 Å². The Morgan fingerprint density at radius 2 is 1.18 bits per heavy atom. The molecule has 6 aromatic carbocycles. The molecular weight excluding hydrogens is 557 g/mol. The van der Waals surface area contributed by atoms with Crippen molar-refractivity contribution < 1.29 is 16.4 Å². The summed E-state index contributed by atoms with van der Waals surface area (Å²) in [6.07, 6.45) is 0. The molecule has 0 fully saturated rings. The van der Waals surface area contributed by atoms with Gasteiger partial charge in [0.1, 0.15) is 0 Å². The van der Waals surface area contributed by atoms with Crippen LogP contribution in [-0.2, 0) is 0 Å². The summed E-state index contributed by atoms with van der Waals surface area (Å²) in [5.74, 6) is 0.300. The van der Waals surface area contributed by atoms with Crippen LogP contribution >= 0.6 is 11.3 Å². The molecule has 0 unspecified atom stereocenters. The second-order valence-electron chi connectivity index (χ2n) is 9.99. The summed E-state index contributed by atoms with van der Waals surface area (Å²) >= 11 is 1.65. The third-order valence-corrected chi connectivity index (χ3v) is 8.55. The normalized spacial score (nSPS) is 15.5. The Morgan fingerprint density at radius 1 is 0.500 bits per heavy atom. The SMILES string of the molecule is [2H]c1c([2H])c([2H])c(-n2c3c([2H])c([2H])c([2H])c([2H])c3c3c([2H])c(-c4nc(-c5ccccc5)nc(-c5ccc6sc7ccccc7c6c5)n4)c([2H])c([2H])c32)c([2H])c1[2H]. The van der Waals surface area contributed by atoms with Gasteiger partial charge in [-0.05, 0) is 60.5 Å². The molecule has 0 atom stereocenters. The van der Waals surface area contributed by atoms with Crippen molar-refractivity contribution in [2.75, 3.05) is 0 Å². The van der Waals surface area contributed by atoms with Gasteiger partial charge >= 0.3 is 0 Å². The van der Waals surface area contributed by atoms with Crippen LogP contribution in [0.25, 0.3) is 81.8 Å². The van der Waals surface area contributed by atoms with Gasteiger partial charge in [-0.3, -0.25) is 0 Å². The van der Waals surface area contributed by atoms with E-state index in [4.69, 9.17) is 27.3 Å². The predicted molar refractivity (Wildman–Crippen MR) is 183 cm³/mol. The van der Waals surface area contributed by atoms with E-state index in [1.165, 1.54) is 0 Å². The summed E-state index contributed by atoms with van der Waals surface area (Å²) in [6, 6.07) is 15.3. The second kappa shape index (κ2) is 9.97. The molecular formula is C39H24N4S. The van der Waals surface area contributed by atoms with Crippen molar-refractivity contribution in [3.8, 4) is 39.9 Å². The molecule has 5 heteroatoms. The van der Waals surface area contributed by atoms with E-state index < -0.39 is 78.2 Å². The molecule has 0 bridgehead atoms. The van der Waals surface area contributed by atoms with Gasteiger partial charge in [-0.15, -0.1) is 11.3 Å². The van der Waals surface area contributed by atoms with Crippen LogP contribution in [0.4, 0.5) is 0 Å². The number of rotatable bonds is 4. The highest BCUT2D eigenvalue weighted by molar-refractivity contribution is 7.25. The lowest BCUT2D eigenvalue weighted by atomic mass is 10.1. The minimum atomic E-state index is -0.711. The third kappa shape index (κ3) is 4.02. The van der Waals surface area contributed by atoms with E-state index in [0.717, 1.165) is 24.7 Å². The summed E-state index contributed by atoms with van der Waals surface area (Å²) in [5, 5.41) is 1.60. The number of thiophene rings is 1. The molecule has 0 N–H and O–H groups in total. The fourth-order valence-corrected chi connectivity index (χ4v) is 6.49. The first-order valence-electron chi connectivity index (χ1n) is 19.6. The zero-order chi connectivity index (χ0) is 39.5. The molecule has 3 aromatic heterocycles. The van der Waals surface area contributed by atoms with Gasteiger partial charge in [0.2, 0.25) is 0 Å². The molecule has 0 radical (unpaired) electrons. The molecule has 0 saturated heterocycles. The molecule has 0 aliphatic carbocycles. The maximum absolute atomic E-state index is 9.65. The largest absolute Gasteiger partial charge is 0.309 e. The molecule has 9 rings (SSSR count). The van der Waals surface area contributed by atoms with Crippen molar-refractivity contribution in [1.82, 2.24) is 19.5 Å². The van der Waals surface area contributed by atoms with Gasteiger partial charge in [-0.25, -0.2) is 15.0 Å². The summed E-state index contributed by atoms with van der Waals surface area (Å²) < 4.78 is 109. The Morgan fingerprint density at radius 3 is 2.05 bits per heavy atom. The average molecular weight is 593 g/mol. The molecule has 0 saturated carbocycles. The van der Waals surface area contributed by atoms with Crippen LogP contribution in [0.3, 0.4) is 0 Å². The summed E-state index contributed by atoms with van der Waals surface area (Å²) in [7, 11) is 0. The van der Waals surface area contributed by atoms with Gasteiger partial charge in [-0.1, -0.05) is 84.8 Å². The Bertz CT molecular complexity index is 3150. The Hall–Kier alpha value is -5.65. The molecule has 44 heavy (non-hydrogen) atoms. The van der Waals surface area contributed by atoms with E-state index >= 15 is 0 Å². The standard InChI is InChI=1S/C39H24N4S/c1-3-11-25(12-4-1)37-40-38(42-39(41-37)27-20-22-36-32(24-27)30-16-8-10-18-35(30)44-36)26-19-21-34-31(23-26)29-15-7-9-17-33(29)43(34)28-13-5-2-6-14-28/h1-24H/i2D,5D,6D,7D,9D,13D,14D,15D,17D,19D,21D,23D. The van der Waals surface area contributed by atoms with Crippen LogP contribution < -0.4 is 0 Å². The van der Waals surface area contributed by atoms with E-state index in [1.54, 1.807) is 23.5 Å². The van der Waals surface area contributed by atoms with E-state index in [0.29, 0.717) is 11.1 Å². The number of aromatic nitrogens is 4. The van der Waals surface area contributed by atoms with E-state index in [9.17, 15) is 4.11 Å². The lowest BCUT2D eigenvalue weighted by Gasteiger charge is -2.10. The van der Waals surface area contributed by atoms with Crippen LogP contribution in [0, 0.1) is 0 Å². The van der Waals surface area contributed by atoms with Crippen molar-refractivity contribution in [2.24, 2.45) is 0 Å². The quantitative estimate of drug-likeness (QED) is 0.204.